The molecule has 1 atom stereocenters. The summed E-state index contributed by atoms with van der Waals surface area (Å²) in [4.78, 5) is 0. The molecule has 1 unspecified atom stereocenters. The zero-order valence-electron chi connectivity index (χ0n) is 12.4. The van der Waals surface area contributed by atoms with Crippen molar-refractivity contribution in [1.82, 2.24) is 0 Å². The molecule has 1 aromatic rings. The van der Waals surface area contributed by atoms with E-state index in [-0.39, 0.29) is 6.04 Å². The second-order valence-corrected chi connectivity index (χ2v) is 4.82. The van der Waals surface area contributed by atoms with Gasteiger partial charge in [0.25, 0.3) is 0 Å². The van der Waals surface area contributed by atoms with Gasteiger partial charge in [0, 0.05) is 12.5 Å². The van der Waals surface area contributed by atoms with Crippen LogP contribution < -0.4 is 15.2 Å². The van der Waals surface area contributed by atoms with Crippen LogP contribution in [0.3, 0.4) is 0 Å². The van der Waals surface area contributed by atoms with Crippen LogP contribution >= 0.6 is 0 Å². The summed E-state index contributed by atoms with van der Waals surface area (Å²) in [6, 6.07) is 8.25. The Hall–Kier alpha value is -1.73. The van der Waals surface area contributed by atoms with Crippen molar-refractivity contribution in [2.24, 2.45) is 5.73 Å². The number of hydrogen-bond acceptors (Lipinski definition) is 4. The summed E-state index contributed by atoms with van der Waals surface area (Å²) in [7, 11) is 1.63. The molecule has 110 valence electrons. The first-order valence-corrected chi connectivity index (χ1v) is 7.13. The molecule has 4 heteroatoms. The van der Waals surface area contributed by atoms with E-state index in [1.807, 2.05) is 18.2 Å². The zero-order chi connectivity index (χ0) is 14.8. The van der Waals surface area contributed by atoms with E-state index in [0.29, 0.717) is 13.0 Å². The molecule has 0 saturated heterocycles. The van der Waals surface area contributed by atoms with Gasteiger partial charge in [-0.05, 0) is 43.4 Å². The van der Waals surface area contributed by atoms with E-state index in [1.54, 1.807) is 7.11 Å². The van der Waals surface area contributed by atoms with Gasteiger partial charge in [-0.25, -0.2) is 0 Å². The van der Waals surface area contributed by atoms with E-state index in [2.05, 4.69) is 13.0 Å². The highest BCUT2D eigenvalue weighted by Crippen LogP contribution is 2.28. The van der Waals surface area contributed by atoms with Crippen molar-refractivity contribution in [2.75, 3.05) is 13.7 Å². The molecule has 0 radical (unpaired) electrons. The van der Waals surface area contributed by atoms with Gasteiger partial charge in [0.05, 0.1) is 19.8 Å². The molecule has 1 aromatic carbocycles. The van der Waals surface area contributed by atoms with Gasteiger partial charge >= 0.3 is 0 Å². The van der Waals surface area contributed by atoms with Gasteiger partial charge in [-0.3, -0.25) is 0 Å². The SMILES string of the molecule is CCC(N)Cc1ccc(OC)c(OCCCCC#N)c1. The molecule has 0 bridgehead atoms. The van der Waals surface area contributed by atoms with Gasteiger partial charge in [0.1, 0.15) is 0 Å². The minimum absolute atomic E-state index is 0.173. The van der Waals surface area contributed by atoms with E-state index in [4.69, 9.17) is 20.5 Å². The van der Waals surface area contributed by atoms with Crippen molar-refractivity contribution in [3.8, 4) is 17.6 Å². The van der Waals surface area contributed by atoms with Crippen LogP contribution in [-0.2, 0) is 6.42 Å². The predicted octanol–water partition coefficient (Wildman–Crippen LogP) is 3.05. The quantitative estimate of drug-likeness (QED) is 0.704. The molecular formula is C16H24N2O2. The molecule has 4 nitrogen and oxygen atoms in total. The fourth-order valence-corrected chi connectivity index (χ4v) is 1.90. The molecule has 0 heterocycles. The molecule has 0 spiro atoms. The Bertz CT molecular complexity index is 441. The van der Waals surface area contributed by atoms with E-state index in [0.717, 1.165) is 42.7 Å². The monoisotopic (exact) mass is 276 g/mol. The molecule has 20 heavy (non-hydrogen) atoms. The van der Waals surface area contributed by atoms with Crippen LogP contribution in [0.25, 0.3) is 0 Å². The minimum Gasteiger partial charge on any atom is -0.493 e. The van der Waals surface area contributed by atoms with E-state index in [1.165, 1.54) is 0 Å². The number of unbranched alkanes of at least 4 members (excludes halogenated alkanes) is 2. The molecule has 0 aliphatic rings. The third kappa shape index (κ3) is 5.50. The molecule has 0 amide bonds. The van der Waals surface area contributed by atoms with Crippen LogP contribution in [0, 0.1) is 11.3 Å². The van der Waals surface area contributed by atoms with Gasteiger partial charge in [-0.2, -0.15) is 5.26 Å². The first-order chi connectivity index (χ1) is 9.71. The maximum Gasteiger partial charge on any atom is 0.161 e. The Kier molecular flexibility index (Phi) is 7.52. The van der Waals surface area contributed by atoms with Gasteiger partial charge in [0.15, 0.2) is 11.5 Å². The lowest BCUT2D eigenvalue weighted by atomic mass is 10.0. The van der Waals surface area contributed by atoms with Crippen LogP contribution in [0.5, 0.6) is 11.5 Å². The highest BCUT2D eigenvalue weighted by atomic mass is 16.5. The second-order valence-electron chi connectivity index (χ2n) is 4.82. The van der Waals surface area contributed by atoms with Gasteiger partial charge in [-0.1, -0.05) is 13.0 Å². The van der Waals surface area contributed by atoms with Crippen molar-refractivity contribution < 1.29 is 9.47 Å². The molecule has 0 aromatic heterocycles. The Morgan fingerprint density at radius 2 is 2.10 bits per heavy atom. The van der Waals surface area contributed by atoms with Crippen molar-refractivity contribution in [2.45, 2.75) is 45.1 Å². The van der Waals surface area contributed by atoms with Gasteiger partial charge in [0.2, 0.25) is 0 Å². The molecule has 0 fully saturated rings. The van der Waals surface area contributed by atoms with Crippen molar-refractivity contribution >= 4 is 0 Å². The van der Waals surface area contributed by atoms with Crippen LogP contribution in [0.2, 0.25) is 0 Å². The average molecular weight is 276 g/mol. The fourth-order valence-electron chi connectivity index (χ4n) is 1.90. The average Bonchev–Trinajstić information content (AvgIpc) is 2.47. The number of ether oxygens (including phenoxy) is 2. The first-order valence-electron chi connectivity index (χ1n) is 7.13. The number of benzene rings is 1. The summed E-state index contributed by atoms with van der Waals surface area (Å²) < 4.78 is 11.1. The van der Waals surface area contributed by atoms with Crippen LogP contribution in [0.4, 0.5) is 0 Å². The molecule has 0 saturated carbocycles. The van der Waals surface area contributed by atoms with Crippen molar-refractivity contribution in [1.29, 1.82) is 5.26 Å². The summed E-state index contributed by atoms with van der Waals surface area (Å²) in [6.07, 6.45) is 4.10. The predicted molar refractivity (Wildman–Crippen MR) is 79.9 cm³/mol. The van der Waals surface area contributed by atoms with E-state index in [9.17, 15) is 0 Å². The maximum absolute atomic E-state index is 8.49. The minimum atomic E-state index is 0.173. The lowest BCUT2D eigenvalue weighted by Crippen LogP contribution is -2.21. The highest BCUT2D eigenvalue weighted by molar-refractivity contribution is 5.43. The lowest BCUT2D eigenvalue weighted by molar-refractivity contribution is 0.286. The Morgan fingerprint density at radius 3 is 2.75 bits per heavy atom. The molecular weight excluding hydrogens is 252 g/mol. The zero-order valence-corrected chi connectivity index (χ0v) is 12.4. The third-order valence-corrected chi connectivity index (χ3v) is 3.19. The van der Waals surface area contributed by atoms with E-state index >= 15 is 0 Å². The summed E-state index contributed by atoms with van der Waals surface area (Å²) in [5.74, 6) is 1.49. The number of nitrogens with zero attached hydrogens (tertiary/aromatic N) is 1. The third-order valence-electron chi connectivity index (χ3n) is 3.19. The van der Waals surface area contributed by atoms with Crippen LogP contribution in [0.1, 0.15) is 38.2 Å². The molecule has 1 rings (SSSR count). The maximum atomic E-state index is 8.49. The largest absolute Gasteiger partial charge is 0.493 e. The summed E-state index contributed by atoms with van der Waals surface area (Å²) in [5.41, 5.74) is 7.14. The molecule has 0 aliphatic carbocycles. The number of hydrogen-bond donors (Lipinski definition) is 1. The normalized spacial score (nSPS) is 11.7. The van der Waals surface area contributed by atoms with Crippen LogP contribution in [0.15, 0.2) is 18.2 Å². The summed E-state index contributed by atoms with van der Waals surface area (Å²) >= 11 is 0. The Morgan fingerprint density at radius 1 is 1.30 bits per heavy atom. The number of rotatable bonds is 9. The standard InChI is InChI=1S/C16H24N2O2/c1-3-14(18)11-13-7-8-15(19-2)16(12-13)20-10-6-4-5-9-17/h7-8,12,14H,3-6,10-11,18H2,1-2H3. The fraction of sp³-hybridized carbons (Fsp3) is 0.562. The van der Waals surface area contributed by atoms with Crippen LogP contribution in [-0.4, -0.2) is 19.8 Å². The number of methoxy groups -OCH3 is 1. The van der Waals surface area contributed by atoms with Gasteiger partial charge < -0.3 is 15.2 Å². The second kappa shape index (κ2) is 9.22. The van der Waals surface area contributed by atoms with Gasteiger partial charge in [-0.15, -0.1) is 0 Å². The number of nitrogens with two attached hydrogens (primary N) is 1. The highest BCUT2D eigenvalue weighted by Gasteiger charge is 2.08. The summed E-state index contributed by atoms with van der Waals surface area (Å²) in [5, 5.41) is 8.49. The first kappa shape index (κ1) is 16.3. The topological polar surface area (TPSA) is 68.3 Å². The smallest absolute Gasteiger partial charge is 0.161 e. The Balaban J connectivity index is 2.61. The Labute approximate surface area is 121 Å². The van der Waals surface area contributed by atoms with E-state index < -0.39 is 0 Å². The van der Waals surface area contributed by atoms with Crippen molar-refractivity contribution in [3.05, 3.63) is 23.8 Å². The number of nitriles is 1. The lowest BCUT2D eigenvalue weighted by Gasteiger charge is -2.14. The summed E-state index contributed by atoms with van der Waals surface area (Å²) in [6.45, 7) is 2.68. The molecule has 0 aliphatic heterocycles. The molecule has 2 N–H and O–H groups in total. The van der Waals surface area contributed by atoms with Crippen molar-refractivity contribution in [3.63, 3.8) is 0 Å².